The zero-order valence-corrected chi connectivity index (χ0v) is 12.3. The molecular formula is C19H15ClO. The van der Waals surface area contributed by atoms with Crippen molar-refractivity contribution in [2.75, 3.05) is 6.61 Å². The number of benzene rings is 2. The number of rotatable bonds is 2. The van der Waals surface area contributed by atoms with Crippen LogP contribution in [0.5, 0.6) is 5.75 Å². The summed E-state index contributed by atoms with van der Waals surface area (Å²) in [5.74, 6) is 3.70. The third kappa shape index (κ3) is 2.55. The molecule has 2 aromatic carbocycles. The van der Waals surface area contributed by atoms with E-state index in [0.717, 1.165) is 22.4 Å². The van der Waals surface area contributed by atoms with Crippen molar-refractivity contribution in [3.63, 3.8) is 0 Å². The number of hydrogen-bond donors (Lipinski definition) is 0. The normalized spacial score (nSPS) is 20.0. The fourth-order valence-electron chi connectivity index (χ4n) is 2.76. The highest BCUT2D eigenvalue weighted by atomic mass is 35.5. The maximum Gasteiger partial charge on any atom is 0.123 e. The number of ether oxygens (including phenoxy) is 1. The van der Waals surface area contributed by atoms with Crippen molar-refractivity contribution in [1.29, 1.82) is 0 Å². The number of fused-ring (bicyclic) bond motifs is 1. The van der Waals surface area contributed by atoms with E-state index < -0.39 is 0 Å². The first-order valence-electron chi connectivity index (χ1n) is 6.83. The second kappa shape index (κ2) is 5.68. The molecule has 104 valence electrons. The Balaban J connectivity index is 1.98. The van der Waals surface area contributed by atoms with E-state index in [1.807, 2.05) is 48.5 Å². The molecule has 0 radical (unpaired) electrons. The lowest BCUT2D eigenvalue weighted by molar-refractivity contribution is 0.245. The molecule has 0 saturated carbocycles. The van der Waals surface area contributed by atoms with Crippen molar-refractivity contribution in [3.05, 3.63) is 71.3 Å². The van der Waals surface area contributed by atoms with Crippen LogP contribution in [-0.4, -0.2) is 6.61 Å². The van der Waals surface area contributed by atoms with E-state index in [4.69, 9.17) is 22.8 Å². The zero-order chi connectivity index (χ0) is 14.8. The van der Waals surface area contributed by atoms with E-state index >= 15 is 0 Å². The van der Waals surface area contributed by atoms with Crippen molar-refractivity contribution in [2.24, 2.45) is 5.92 Å². The minimum Gasteiger partial charge on any atom is -0.493 e. The molecule has 2 atom stereocenters. The van der Waals surface area contributed by atoms with Crippen LogP contribution in [0.3, 0.4) is 0 Å². The Morgan fingerprint density at radius 2 is 2.00 bits per heavy atom. The predicted molar refractivity (Wildman–Crippen MR) is 87.5 cm³/mol. The first-order valence-corrected chi connectivity index (χ1v) is 7.21. The molecule has 21 heavy (non-hydrogen) atoms. The SMILES string of the molecule is C#C[C@@H]1c2cc(Cl)ccc2OC[C@@H]1C(=C)c1ccccc1. The van der Waals surface area contributed by atoms with Crippen LogP contribution in [-0.2, 0) is 0 Å². The molecule has 0 unspecified atom stereocenters. The first-order chi connectivity index (χ1) is 10.2. The molecule has 0 spiro atoms. The average Bonchev–Trinajstić information content (AvgIpc) is 2.53. The van der Waals surface area contributed by atoms with Crippen LogP contribution >= 0.6 is 11.6 Å². The molecule has 2 heteroatoms. The van der Waals surface area contributed by atoms with Gasteiger partial charge in [-0.2, -0.15) is 0 Å². The smallest absolute Gasteiger partial charge is 0.123 e. The van der Waals surface area contributed by atoms with E-state index in [1.54, 1.807) is 0 Å². The van der Waals surface area contributed by atoms with Gasteiger partial charge in [0.2, 0.25) is 0 Å². The van der Waals surface area contributed by atoms with Crippen LogP contribution in [0.2, 0.25) is 5.02 Å². The molecule has 0 aliphatic carbocycles. The second-order valence-corrected chi connectivity index (χ2v) is 5.57. The highest BCUT2D eigenvalue weighted by molar-refractivity contribution is 6.30. The van der Waals surface area contributed by atoms with Crippen LogP contribution in [0.1, 0.15) is 17.0 Å². The summed E-state index contributed by atoms with van der Waals surface area (Å²) in [6.45, 7) is 4.77. The van der Waals surface area contributed by atoms with Crippen molar-refractivity contribution in [1.82, 2.24) is 0 Å². The molecule has 2 aromatic rings. The summed E-state index contributed by atoms with van der Waals surface area (Å²) in [6, 6.07) is 15.7. The summed E-state index contributed by atoms with van der Waals surface area (Å²) >= 11 is 6.10. The van der Waals surface area contributed by atoms with Crippen molar-refractivity contribution in [3.8, 4) is 18.1 Å². The molecule has 1 heterocycles. The molecular weight excluding hydrogens is 280 g/mol. The van der Waals surface area contributed by atoms with Crippen LogP contribution in [0.4, 0.5) is 0 Å². The Bertz CT molecular complexity index is 712. The van der Waals surface area contributed by atoms with Crippen LogP contribution in [0, 0.1) is 18.3 Å². The average molecular weight is 295 g/mol. The third-order valence-electron chi connectivity index (χ3n) is 3.90. The van der Waals surface area contributed by atoms with E-state index in [9.17, 15) is 0 Å². The highest BCUT2D eigenvalue weighted by Gasteiger charge is 2.32. The molecule has 1 aliphatic rings. The Labute approximate surface area is 130 Å². The lowest BCUT2D eigenvalue weighted by Crippen LogP contribution is -2.26. The third-order valence-corrected chi connectivity index (χ3v) is 4.13. The molecule has 0 amide bonds. The summed E-state index contributed by atoms with van der Waals surface area (Å²) in [7, 11) is 0. The Kier molecular flexibility index (Phi) is 3.73. The van der Waals surface area contributed by atoms with Crippen molar-refractivity contribution < 1.29 is 4.74 Å². The maximum absolute atomic E-state index is 6.10. The summed E-state index contributed by atoms with van der Waals surface area (Å²) in [5.41, 5.74) is 3.07. The van der Waals surface area contributed by atoms with Gasteiger partial charge in [0.05, 0.1) is 12.5 Å². The van der Waals surface area contributed by atoms with E-state index in [-0.39, 0.29) is 11.8 Å². The fraction of sp³-hybridized carbons (Fsp3) is 0.158. The van der Waals surface area contributed by atoms with Gasteiger partial charge in [-0.25, -0.2) is 0 Å². The summed E-state index contributed by atoms with van der Waals surface area (Å²) < 4.78 is 5.85. The fourth-order valence-corrected chi connectivity index (χ4v) is 2.94. The van der Waals surface area contributed by atoms with E-state index in [2.05, 4.69) is 12.5 Å². The van der Waals surface area contributed by atoms with Gasteiger partial charge in [0, 0.05) is 16.5 Å². The summed E-state index contributed by atoms with van der Waals surface area (Å²) in [5, 5.41) is 0.670. The molecule has 0 N–H and O–H groups in total. The monoisotopic (exact) mass is 294 g/mol. The van der Waals surface area contributed by atoms with Gasteiger partial charge in [-0.3, -0.25) is 0 Å². The standard InChI is InChI=1S/C19H15ClO/c1-3-16-17-11-15(20)9-10-19(17)21-12-18(16)13(2)14-7-5-4-6-8-14/h1,4-11,16,18H,2,12H2/t16-,18-/m1/s1. The topological polar surface area (TPSA) is 9.23 Å². The summed E-state index contributed by atoms with van der Waals surface area (Å²) in [6.07, 6.45) is 5.78. The maximum atomic E-state index is 6.10. The lowest BCUT2D eigenvalue weighted by Gasteiger charge is -2.32. The second-order valence-electron chi connectivity index (χ2n) is 5.14. The molecule has 0 bridgehead atoms. The van der Waals surface area contributed by atoms with Crippen molar-refractivity contribution in [2.45, 2.75) is 5.92 Å². The lowest BCUT2D eigenvalue weighted by atomic mass is 9.78. The van der Waals surface area contributed by atoms with Gasteiger partial charge < -0.3 is 4.74 Å². The molecule has 0 aromatic heterocycles. The highest BCUT2D eigenvalue weighted by Crippen LogP contribution is 2.42. The van der Waals surface area contributed by atoms with Gasteiger partial charge in [-0.15, -0.1) is 6.42 Å². The molecule has 0 saturated heterocycles. The largest absolute Gasteiger partial charge is 0.493 e. The Morgan fingerprint density at radius 1 is 1.24 bits per heavy atom. The van der Waals surface area contributed by atoms with Crippen LogP contribution in [0.25, 0.3) is 5.57 Å². The molecule has 1 aliphatic heterocycles. The predicted octanol–water partition coefficient (Wildman–Crippen LogP) is 4.78. The Hall–Kier alpha value is -2.17. The van der Waals surface area contributed by atoms with E-state index in [1.165, 1.54) is 0 Å². The molecule has 3 rings (SSSR count). The van der Waals surface area contributed by atoms with Crippen molar-refractivity contribution >= 4 is 17.2 Å². The van der Waals surface area contributed by atoms with Gasteiger partial charge in [0.15, 0.2) is 0 Å². The number of terminal acetylenes is 1. The van der Waals surface area contributed by atoms with Gasteiger partial charge in [0.25, 0.3) is 0 Å². The van der Waals surface area contributed by atoms with E-state index in [0.29, 0.717) is 11.6 Å². The molecule has 0 fully saturated rings. The Morgan fingerprint density at radius 3 is 2.71 bits per heavy atom. The zero-order valence-electron chi connectivity index (χ0n) is 11.6. The van der Waals surface area contributed by atoms with Gasteiger partial charge in [-0.05, 0) is 29.3 Å². The minimum atomic E-state index is -0.0693. The number of hydrogen-bond acceptors (Lipinski definition) is 1. The first kappa shape index (κ1) is 13.8. The van der Waals surface area contributed by atoms with Gasteiger partial charge in [-0.1, -0.05) is 54.4 Å². The van der Waals surface area contributed by atoms with Gasteiger partial charge >= 0.3 is 0 Å². The van der Waals surface area contributed by atoms with Crippen LogP contribution < -0.4 is 4.74 Å². The molecule has 1 nitrogen and oxygen atoms in total. The number of halogens is 1. The van der Waals surface area contributed by atoms with Gasteiger partial charge in [0.1, 0.15) is 5.75 Å². The quantitative estimate of drug-likeness (QED) is 0.724. The summed E-state index contributed by atoms with van der Waals surface area (Å²) in [4.78, 5) is 0. The van der Waals surface area contributed by atoms with Crippen LogP contribution in [0.15, 0.2) is 55.1 Å². The minimum absolute atomic E-state index is 0.0587.